The lowest BCUT2D eigenvalue weighted by Gasteiger charge is -2.38. The predicted molar refractivity (Wildman–Crippen MR) is 113 cm³/mol. The van der Waals surface area contributed by atoms with Crippen molar-refractivity contribution in [3.63, 3.8) is 0 Å². The fourth-order valence-corrected chi connectivity index (χ4v) is 6.02. The summed E-state index contributed by atoms with van der Waals surface area (Å²) in [5, 5.41) is 3.43. The van der Waals surface area contributed by atoms with Gasteiger partial charge >= 0.3 is 0 Å². The van der Waals surface area contributed by atoms with E-state index in [0.717, 1.165) is 26.2 Å². The second kappa shape index (κ2) is 8.96. The summed E-state index contributed by atoms with van der Waals surface area (Å²) in [4.78, 5) is 25.0. The summed E-state index contributed by atoms with van der Waals surface area (Å²) in [6.45, 7) is 6.33. The summed E-state index contributed by atoms with van der Waals surface area (Å²) in [5.74, 6) is 2.51. The number of pyridine rings is 2. The predicted octanol–water partition coefficient (Wildman–Crippen LogP) is -2.96. The number of hydrogen-bond acceptors (Lipinski definition) is 3. The van der Waals surface area contributed by atoms with Gasteiger partial charge in [0.05, 0.1) is 20.1 Å². The van der Waals surface area contributed by atoms with Crippen molar-refractivity contribution < 1.29 is 28.9 Å². The number of nitrogens with one attached hydrogen (secondary N) is 2. The Morgan fingerprint density at radius 2 is 1.43 bits per heavy atom. The molecule has 6 heterocycles. The Kier molecular flexibility index (Phi) is 6.50. The van der Waals surface area contributed by atoms with Crippen molar-refractivity contribution in [2.24, 2.45) is 11.8 Å². The molecule has 162 valence electrons. The minimum absolute atomic E-state index is 0. The highest BCUT2D eigenvalue weighted by molar-refractivity contribution is 5.17. The third-order valence-electron chi connectivity index (χ3n) is 7.18. The first kappa shape index (κ1) is 21.8. The third-order valence-corrected chi connectivity index (χ3v) is 7.18. The third kappa shape index (κ3) is 4.16. The fraction of sp³-hybridized carbons (Fsp3) is 0.565. The Hall–Kier alpha value is -1.45. The van der Waals surface area contributed by atoms with Gasteiger partial charge in [-0.1, -0.05) is 12.1 Å². The van der Waals surface area contributed by atoms with E-state index in [1.54, 1.807) is 17.0 Å². The normalized spacial score (nSPS) is 30.6. The van der Waals surface area contributed by atoms with E-state index in [-0.39, 0.29) is 35.1 Å². The summed E-state index contributed by atoms with van der Waals surface area (Å²) in [5.41, 5.74) is 2.83. The summed E-state index contributed by atoms with van der Waals surface area (Å²) in [7, 11) is 2.26. The second-order valence-electron chi connectivity index (χ2n) is 9.42. The van der Waals surface area contributed by atoms with Gasteiger partial charge < -0.3 is 43.3 Å². The SMILES string of the molecule is C[NH+]1CC2CC(C1)c1cccc(=O)n1C2.O=c1cccc2n1CC1CNCC2C1.[I-]. The van der Waals surface area contributed by atoms with Crippen LogP contribution in [0, 0.1) is 11.8 Å². The number of likely N-dealkylation sites (tertiary alicyclic amines) is 1. The van der Waals surface area contributed by atoms with Crippen LogP contribution < -0.4 is 45.3 Å². The Bertz CT molecular complexity index is 1020. The van der Waals surface area contributed by atoms with Crippen LogP contribution >= 0.6 is 0 Å². The molecule has 2 saturated heterocycles. The molecule has 2 N–H and O–H groups in total. The topological polar surface area (TPSA) is 60.5 Å². The molecule has 2 fully saturated rings. The molecule has 0 spiro atoms. The lowest BCUT2D eigenvalue weighted by molar-refractivity contribution is -0.891. The zero-order chi connectivity index (χ0) is 20.0. The number of hydrogen-bond donors (Lipinski definition) is 2. The highest BCUT2D eigenvalue weighted by atomic mass is 127. The molecule has 0 aliphatic carbocycles. The van der Waals surface area contributed by atoms with Gasteiger partial charge in [-0.15, -0.1) is 0 Å². The average Bonchev–Trinajstić information content (AvgIpc) is 2.70. The summed E-state index contributed by atoms with van der Waals surface area (Å²) in [6.07, 6.45) is 2.53. The smallest absolute Gasteiger partial charge is 0.250 e. The van der Waals surface area contributed by atoms with Gasteiger partial charge in [0.1, 0.15) is 0 Å². The van der Waals surface area contributed by atoms with E-state index in [0.29, 0.717) is 23.7 Å². The van der Waals surface area contributed by atoms with Crippen molar-refractivity contribution in [1.29, 1.82) is 0 Å². The molecule has 4 aliphatic rings. The molecule has 5 unspecified atom stereocenters. The molecule has 6 rings (SSSR count). The van der Waals surface area contributed by atoms with Crippen LogP contribution in [0.3, 0.4) is 0 Å². The van der Waals surface area contributed by atoms with Gasteiger partial charge in [0.25, 0.3) is 11.1 Å². The first-order chi connectivity index (χ1) is 14.1. The minimum atomic E-state index is 0. The molecule has 4 bridgehead atoms. The summed E-state index contributed by atoms with van der Waals surface area (Å²) in [6, 6.07) is 11.3. The summed E-state index contributed by atoms with van der Waals surface area (Å²) < 4.78 is 3.95. The molecule has 30 heavy (non-hydrogen) atoms. The van der Waals surface area contributed by atoms with Crippen LogP contribution in [-0.4, -0.2) is 42.4 Å². The fourth-order valence-electron chi connectivity index (χ4n) is 6.02. The molecule has 2 aromatic rings. The largest absolute Gasteiger partial charge is 1.00 e. The molecular formula is C23H31IN4O2. The van der Waals surface area contributed by atoms with Gasteiger partial charge in [-0.3, -0.25) is 9.59 Å². The highest BCUT2D eigenvalue weighted by Crippen LogP contribution is 2.31. The maximum atomic E-state index is 11.7. The van der Waals surface area contributed by atoms with Crippen molar-refractivity contribution in [1.82, 2.24) is 14.5 Å². The maximum Gasteiger partial charge on any atom is 0.250 e. The maximum absolute atomic E-state index is 11.7. The molecule has 5 atom stereocenters. The first-order valence-corrected chi connectivity index (χ1v) is 11.0. The number of piperidine rings is 2. The minimum Gasteiger partial charge on any atom is -1.00 e. The van der Waals surface area contributed by atoms with Gasteiger partial charge in [-0.05, 0) is 37.4 Å². The molecule has 4 aliphatic heterocycles. The van der Waals surface area contributed by atoms with Gasteiger partial charge in [0, 0.05) is 60.9 Å². The number of quaternary nitrogens is 1. The van der Waals surface area contributed by atoms with Crippen LogP contribution in [-0.2, 0) is 13.1 Å². The number of nitrogens with zero attached hydrogens (tertiary/aromatic N) is 2. The van der Waals surface area contributed by atoms with E-state index in [4.69, 9.17) is 0 Å². The van der Waals surface area contributed by atoms with E-state index in [9.17, 15) is 9.59 Å². The number of rotatable bonds is 0. The van der Waals surface area contributed by atoms with Crippen molar-refractivity contribution in [3.05, 3.63) is 68.5 Å². The lowest BCUT2D eigenvalue weighted by atomic mass is 9.83. The molecule has 7 heteroatoms. The molecule has 0 aromatic carbocycles. The quantitative estimate of drug-likeness (QED) is 0.364. The number of halogens is 1. The van der Waals surface area contributed by atoms with Gasteiger partial charge in [-0.25, -0.2) is 0 Å². The monoisotopic (exact) mass is 522 g/mol. The van der Waals surface area contributed by atoms with Crippen molar-refractivity contribution in [2.45, 2.75) is 37.8 Å². The van der Waals surface area contributed by atoms with Crippen molar-refractivity contribution in [3.8, 4) is 0 Å². The highest BCUT2D eigenvalue weighted by Gasteiger charge is 2.35. The van der Waals surface area contributed by atoms with Crippen LogP contribution in [0.4, 0.5) is 0 Å². The van der Waals surface area contributed by atoms with Gasteiger partial charge in [0.2, 0.25) is 0 Å². The van der Waals surface area contributed by atoms with Crippen LogP contribution in [0.15, 0.2) is 46.0 Å². The van der Waals surface area contributed by atoms with E-state index in [2.05, 4.69) is 24.5 Å². The zero-order valence-corrected chi connectivity index (χ0v) is 19.7. The number of likely N-dealkylation sites (N-methyl/N-ethyl adjacent to an activating group) is 1. The second-order valence-corrected chi connectivity index (χ2v) is 9.42. The van der Waals surface area contributed by atoms with Crippen LogP contribution in [0.5, 0.6) is 0 Å². The molecule has 0 radical (unpaired) electrons. The van der Waals surface area contributed by atoms with Crippen LogP contribution in [0.1, 0.15) is 36.1 Å². The van der Waals surface area contributed by atoms with E-state index in [1.165, 1.54) is 37.3 Å². The Morgan fingerprint density at radius 1 is 0.833 bits per heavy atom. The molecule has 0 amide bonds. The molecule has 0 saturated carbocycles. The van der Waals surface area contributed by atoms with Gasteiger partial charge in [-0.2, -0.15) is 0 Å². The van der Waals surface area contributed by atoms with E-state index < -0.39 is 0 Å². The van der Waals surface area contributed by atoms with E-state index >= 15 is 0 Å². The Balaban J connectivity index is 0.000000141. The molecule has 2 aromatic heterocycles. The zero-order valence-electron chi connectivity index (χ0n) is 17.5. The summed E-state index contributed by atoms with van der Waals surface area (Å²) >= 11 is 0. The van der Waals surface area contributed by atoms with Crippen LogP contribution in [0.2, 0.25) is 0 Å². The van der Waals surface area contributed by atoms with E-state index in [1.807, 2.05) is 21.3 Å². The van der Waals surface area contributed by atoms with Crippen molar-refractivity contribution >= 4 is 0 Å². The van der Waals surface area contributed by atoms with Crippen LogP contribution in [0.25, 0.3) is 0 Å². The van der Waals surface area contributed by atoms with Crippen molar-refractivity contribution in [2.75, 3.05) is 33.2 Å². The standard InChI is InChI=1S/C12H16N2O.C11H14N2O.HI/c1-13-6-9-5-10(8-13)11-3-2-4-12(15)14(11)7-9;14-11-3-1-2-10-9-4-8(5-12-6-9)7-13(10)11;/h2-4,9-10H,5-8H2,1H3;1-3,8-9,12H,4-7H2;1H. The Morgan fingerprint density at radius 3 is 2.13 bits per heavy atom. The molecule has 6 nitrogen and oxygen atoms in total. The first-order valence-electron chi connectivity index (χ1n) is 11.0. The lowest BCUT2D eigenvalue weighted by Crippen LogP contribution is -3.11. The number of fused-ring (bicyclic) bond motifs is 8. The number of aromatic nitrogens is 2. The Labute approximate surface area is 194 Å². The molecular weight excluding hydrogens is 491 g/mol. The average molecular weight is 522 g/mol. The van der Waals surface area contributed by atoms with Gasteiger partial charge in [0.15, 0.2) is 0 Å².